The van der Waals surface area contributed by atoms with E-state index in [1.165, 1.54) is 5.57 Å². The number of piperazine rings is 1. The molecule has 1 amide bonds. The van der Waals surface area contributed by atoms with E-state index in [1.807, 2.05) is 34.2 Å². The molecule has 1 atom stereocenters. The number of aliphatic imine (C=N–C) groups is 1. The lowest BCUT2D eigenvalue weighted by atomic mass is 10.1. The fourth-order valence-corrected chi connectivity index (χ4v) is 4.95. The SMILES string of the molecule is CC=NC(/C=C(\C)C(C)N1CCN(c2nc3c(s2)C(=O)N(C)CC3)CC1)=C(/C)NC. The van der Waals surface area contributed by atoms with Crippen LogP contribution in [0.5, 0.6) is 0 Å². The van der Waals surface area contributed by atoms with Crippen LogP contribution in [-0.2, 0) is 6.42 Å². The molecule has 0 spiro atoms. The quantitative estimate of drug-likeness (QED) is 0.555. The highest BCUT2D eigenvalue weighted by molar-refractivity contribution is 7.17. The lowest BCUT2D eigenvalue weighted by molar-refractivity contribution is 0.0785. The zero-order valence-corrected chi connectivity index (χ0v) is 19.8. The molecule has 8 heteroatoms. The molecule has 3 heterocycles. The summed E-state index contributed by atoms with van der Waals surface area (Å²) in [6.45, 7) is 13.0. The number of amides is 1. The number of fused-ring (bicyclic) bond motifs is 1. The van der Waals surface area contributed by atoms with Crippen LogP contribution in [0.15, 0.2) is 28.0 Å². The smallest absolute Gasteiger partial charge is 0.265 e. The van der Waals surface area contributed by atoms with Gasteiger partial charge in [-0.3, -0.25) is 14.7 Å². The summed E-state index contributed by atoms with van der Waals surface area (Å²) < 4.78 is 0. The fourth-order valence-electron chi connectivity index (χ4n) is 3.79. The molecule has 0 aliphatic carbocycles. The van der Waals surface area contributed by atoms with Crippen LogP contribution in [0, 0.1) is 0 Å². The summed E-state index contributed by atoms with van der Waals surface area (Å²) in [5, 5.41) is 4.19. The van der Waals surface area contributed by atoms with Gasteiger partial charge in [0.2, 0.25) is 0 Å². The number of carbonyl (C=O) groups excluding carboxylic acids is 1. The molecule has 1 N–H and O–H groups in total. The molecule has 2 aliphatic rings. The van der Waals surface area contributed by atoms with Gasteiger partial charge in [0.15, 0.2) is 5.13 Å². The van der Waals surface area contributed by atoms with Crippen LogP contribution in [0.4, 0.5) is 5.13 Å². The van der Waals surface area contributed by atoms with Crippen molar-refractivity contribution in [1.82, 2.24) is 20.1 Å². The number of nitrogens with zero attached hydrogens (tertiary/aromatic N) is 5. The van der Waals surface area contributed by atoms with E-state index in [9.17, 15) is 4.79 Å². The van der Waals surface area contributed by atoms with Crippen molar-refractivity contribution in [2.24, 2.45) is 4.99 Å². The first-order valence-corrected chi connectivity index (χ1v) is 11.5. The van der Waals surface area contributed by atoms with Crippen LogP contribution < -0.4 is 10.2 Å². The minimum Gasteiger partial charge on any atom is -0.390 e. The Labute approximate surface area is 184 Å². The molecule has 0 aromatic carbocycles. The van der Waals surface area contributed by atoms with Gasteiger partial charge in [0.25, 0.3) is 5.91 Å². The van der Waals surface area contributed by atoms with Crippen molar-refractivity contribution in [1.29, 1.82) is 0 Å². The second kappa shape index (κ2) is 9.75. The molecule has 1 aromatic heterocycles. The van der Waals surface area contributed by atoms with E-state index < -0.39 is 0 Å². The minimum atomic E-state index is 0.114. The number of anilines is 1. The highest BCUT2D eigenvalue weighted by Crippen LogP contribution is 2.31. The van der Waals surface area contributed by atoms with Gasteiger partial charge in [-0.1, -0.05) is 16.9 Å². The van der Waals surface area contributed by atoms with Crippen LogP contribution >= 0.6 is 11.3 Å². The second-order valence-corrected chi connectivity index (χ2v) is 8.96. The van der Waals surface area contributed by atoms with Crippen molar-refractivity contribution in [3.8, 4) is 0 Å². The topological polar surface area (TPSA) is 64.1 Å². The van der Waals surface area contributed by atoms with Gasteiger partial charge in [0, 0.05) is 71.2 Å². The van der Waals surface area contributed by atoms with Gasteiger partial charge in [0.1, 0.15) is 4.88 Å². The molecule has 1 saturated heterocycles. The molecule has 0 bridgehead atoms. The Hall–Kier alpha value is -2.19. The Kier molecular flexibility index (Phi) is 7.31. The first-order chi connectivity index (χ1) is 14.3. The second-order valence-electron chi connectivity index (χ2n) is 7.98. The predicted octanol–water partition coefficient (Wildman–Crippen LogP) is 2.77. The largest absolute Gasteiger partial charge is 0.390 e. The van der Waals surface area contributed by atoms with Gasteiger partial charge < -0.3 is 15.1 Å². The van der Waals surface area contributed by atoms with Crippen LogP contribution in [0.2, 0.25) is 0 Å². The zero-order valence-electron chi connectivity index (χ0n) is 19.0. The van der Waals surface area contributed by atoms with Gasteiger partial charge in [-0.25, -0.2) is 4.98 Å². The number of carbonyl (C=O) groups is 1. The average Bonchev–Trinajstić information content (AvgIpc) is 3.20. The lowest BCUT2D eigenvalue weighted by Crippen LogP contribution is -2.50. The van der Waals surface area contributed by atoms with E-state index in [0.29, 0.717) is 6.04 Å². The molecule has 1 aromatic rings. The minimum absolute atomic E-state index is 0.114. The monoisotopic (exact) mass is 430 g/mol. The molecule has 3 rings (SSSR count). The van der Waals surface area contributed by atoms with E-state index in [4.69, 9.17) is 4.98 Å². The number of nitrogens with one attached hydrogen (secondary N) is 1. The van der Waals surface area contributed by atoms with E-state index in [-0.39, 0.29) is 5.91 Å². The molecule has 164 valence electrons. The molecule has 0 saturated carbocycles. The first-order valence-electron chi connectivity index (χ1n) is 10.6. The third-order valence-corrected chi connectivity index (χ3v) is 7.24. The van der Waals surface area contributed by atoms with E-state index in [0.717, 1.165) is 66.2 Å². The zero-order chi connectivity index (χ0) is 21.8. The molecule has 1 fully saturated rings. The molecule has 30 heavy (non-hydrogen) atoms. The number of thiazole rings is 1. The Bertz CT molecular complexity index is 863. The van der Waals surface area contributed by atoms with E-state index in [1.54, 1.807) is 16.2 Å². The third kappa shape index (κ3) is 4.75. The van der Waals surface area contributed by atoms with Gasteiger partial charge in [0.05, 0.1) is 11.4 Å². The number of hydrogen-bond donors (Lipinski definition) is 1. The van der Waals surface area contributed by atoms with Gasteiger partial charge in [-0.05, 0) is 33.8 Å². The first kappa shape index (κ1) is 22.5. The molecular formula is C22H34N6OS. The fraction of sp³-hybridized carbons (Fsp3) is 0.591. The lowest BCUT2D eigenvalue weighted by Gasteiger charge is -2.38. The van der Waals surface area contributed by atoms with Crippen molar-refractivity contribution in [2.45, 2.75) is 40.2 Å². The molecule has 7 nitrogen and oxygen atoms in total. The van der Waals surface area contributed by atoms with E-state index >= 15 is 0 Å². The maximum Gasteiger partial charge on any atom is 0.265 e. The third-order valence-electron chi connectivity index (χ3n) is 6.09. The molecule has 2 aliphatic heterocycles. The number of likely N-dealkylation sites (N-methyl/N-ethyl adjacent to an activating group) is 1. The highest BCUT2D eigenvalue weighted by atomic mass is 32.1. The summed E-state index contributed by atoms with van der Waals surface area (Å²) in [7, 11) is 3.79. The standard InChI is InChI=1S/C22H34N6OS/c1-7-24-19(16(3)23-5)14-15(2)17(4)27-10-12-28(13-11-27)22-25-18-8-9-26(6)21(29)20(18)30-22/h7,14,17,23H,8-13H2,1-6H3/b15-14+,19-16-,24-7?. The summed E-state index contributed by atoms with van der Waals surface area (Å²) >= 11 is 1.55. The Morgan fingerprint density at radius 2 is 1.93 bits per heavy atom. The predicted molar refractivity (Wildman–Crippen MR) is 126 cm³/mol. The Balaban J connectivity index is 1.65. The Morgan fingerprint density at radius 3 is 2.57 bits per heavy atom. The highest BCUT2D eigenvalue weighted by Gasteiger charge is 2.29. The van der Waals surface area contributed by atoms with Crippen molar-refractivity contribution in [2.75, 3.05) is 51.7 Å². The summed E-state index contributed by atoms with van der Waals surface area (Å²) in [5.41, 5.74) is 4.32. The maximum atomic E-state index is 12.4. The van der Waals surface area contributed by atoms with Crippen molar-refractivity contribution in [3.63, 3.8) is 0 Å². The number of allylic oxidation sites excluding steroid dienone is 2. The summed E-state index contributed by atoms with van der Waals surface area (Å²) in [6.07, 6.45) is 4.87. The van der Waals surface area contributed by atoms with Crippen LogP contribution in [-0.4, -0.2) is 79.8 Å². The number of aromatic nitrogens is 1. The van der Waals surface area contributed by atoms with Gasteiger partial charge >= 0.3 is 0 Å². The molecule has 0 radical (unpaired) electrons. The van der Waals surface area contributed by atoms with Crippen molar-refractivity contribution < 1.29 is 4.79 Å². The normalized spacial score (nSPS) is 20.5. The number of hydrogen-bond acceptors (Lipinski definition) is 7. The maximum absolute atomic E-state index is 12.4. The summed E-state index contributed by atoms with van der Waals surface area (Å²) in [4.78, 5) is 29.1. The van der Waals surface area contributed by atoms with Crippen LogP contribution in [0.25, 0.3) is 0 Å². The van der Waals surface area contributed by atoms with E-state index in [2.05, 4.69) is 40.0 Å². The molecular weight excluding hydrogens is 396 g/mol. The van der Waals surface area contributed by atoms with Crippen LogP contribution in [0.1, 0.15) is 43.1 Å². The van der Waals surface area contributed by atoms with Gasteiger partial charge in [-0.2, -0.15) is 0 Å². The van der Waals surface area contributed by atoms with Gasteiger partial charge in [-0.15, -0.1) is 0 Å². The van der Waals surface area contributed by atoms with Crippen molar-refractivity contribution >= 4 is 28.6 Å². The van der Waals surface area contributed by atoms with Crippen LogP contribution in [0.3, 0.4) is 0 Å². The molecule has 1 unspecified atom stereocenters. The Morgan fingerprint density at radius 1 is 1.23 bits per heavy atom. The summed E-state index contributed by atoms with van der Waals surface area (Å²) in [6, 6.07) is 0.346. The average molecular weight is 431 g/mol. The number of rotatable bonds is 6. The van der Waals surface area contributed by atoms with Crippen molar-refractivity contribution in [3.05, 3.63) is 33.6 Å². The summed E-state index contributed by atoms with van der Waals surface area (Å²) in [5.74, 6) is 0.114.